The van der Waals surface area contributed by atoms with Crippen LogP contribution < -0.4 is 21.7 Å². The Labute approximate surface area is 207 Å². The van der Waals surface area contributed by atoms with E-state index in [1.165, 1.54) is 0 Å². The maximum atomic E-state index is 15.2. The number of carbonyl (C=O) groups excluding carboxylic acids is 3. The quantitative estimate of drug-likeness (QED) is 0.223. The fourth-order valence-corrected chi connectivity index (χ4v) is 2.99. The summed E-state index contributed by atoms with van der Waals surface area (Å²) in [6, 6.07) is 4.64. The molecule has 0 saturated heterocycles. The third-order valence-corrected chi connectivity index (χ3v) is 5.12. The first kappa shape index (κ1) is 29.0. The van der Waals surface area contributed by atoms with Crippen molar-refractivity contribution < 1.29 is 23.9 Å². The van der Waals surface area contributed by atoms with E-state index in [4.69, 9.17) is 45.6 Å². The van der Waals surface area contributed by atoms with Crippen LogP contribution in [0.5, 0.6) is 0 Å². The van der Waals surface area contributed by atoms with Gasteiger partial charge in [0.05, 0.1) is 18.6 Å². The van der Waals surface area contributed by atoms with Gasteiger partial charge >= 0.3 is 6.03 Å². The minimum atomic E-state index is -2.27. The standard InChI is InChI=1S/C21H28Cl3FN4O4/c1-12(2)17(29-19(32)21(22,23)24)16(25)10-14(4-3-9-27-20(26)33)18(31)28-15-7-5-13(11-30)6-8-15/h5-8,10,12,14,17,30H,3-4,9,11H2,1-2H3,(H,28,31)(H,29,32)(H3,26,27,33). The van der Waals surface area contributed by atoms with Crippen molar-refractivity contribution in [1.82, 2.24) is 10.6 Å². The SMILES string of the molecule is CC(C)C(NC(=O)C(Cl)(Cl)Cl)C(F)=CC(CCCNC(N)=O)C(=O)Nc1ccc(CO)cc1. The number of amides is 4. The van der Waals surface area contributed by atoms with Crippen molar-refractivity contribution in [3.05, 3.63) is 41.7 Å². The third kappa shape index (κ3) is 10.6. The average molecular weight is 526 g/mol. The summed E-state index contributed by atoms with van der Waals surface area (Å²) in [5, 5.41) is 16.6. The molecule has 4 amide bonds. The number of hydrogen-bond acceptors (Lipinski definition) is 4. The van der Waals surface area contributed by atoms with Crippen LogP contribution >= 0.6 is 34.8 Å². The number of rotatable bonds is 11. The van der Waals surface area contributed by atoms with Crippen LogP contribution in [0.25, 0.3) is 0 Å². The van der Waals surface area contributed by atoms with E-state index in [9.17, 15) is 14.4 Å². The van der Waals surface area contributed by atoms with Crippen LogP contribution in [0.4, 0.5) is 14.9 Å². The largest absolute Gasteiger partial charge is 0.392 e. The number of benzene rings is 1. The summed E-state index contributed by atoms with van der Waals surface area (Å²) in [5.74, 6) is -3.63. The zero-order valence-corrected chi connectivity index (χ0v) is 20.5. The van der Waals surface area contributed by atoms with Gasteiger partial charge in [0, 0.05) is 12.2 Å². The van der Waals surface area contributed by atoms with Gasteiger partial charge in [0.2, 0.25) is 5.91 Å². The highest BCUT2D eigenvalue weighted by atomic mass is 35.6. The second-order valence-corrected chi connectivity index (χ2v) is 9.91. The zero-order chi connectivity index (χ0) is 25.2. The molecule has 0 aliphatic carbocycles. The Morgan fingerprint density at radius 1 is 1.18 bits per heavy atom. The lowest BCUT2D eigenvalue weighted by atomic mass is 9.96. The fraction of sp³-hybridized carbons (Fsp3) is 0.476. The molecule has 0 aromatic heterocycles. The Kier molecular flexibility index (Phi) is 11.9. The van der Waals surface area contributed by atoms with Crippen LogP contribution in [0.2, 0.25) is 0 Å². The van der Waals surface area contributed by atoms with Crippen LogP contribution in [-0.2, 0) is 16.2 Å². The minimum absolute atomic E-state index is 0.145. The topological polar surface area (TPSA) is 134 Å². The molecule has 0 bridgehead atoms. The lowest BCUT2D eigenvalue weighted by molar-refractivity contribution is -0.121. The lowest BCUT2D eigenvalue weighted by Gasteiger charge is -2.24. The van der Waals surface area contributed by atoms with Crippen molar-refractivity contribution >= 4 is 58.3 Å². The van der Waals surface area contributed by atoms with Crippen LogP contribution in [0.1, 0.15) is 32.3 Å². The summed E-state index contributed by atoms with van der Waals surface area (Å²) in [6.07, 6.45) is 1.61. The van der Waals surface area contributed by atoms with E-state index in [0.717, 1.165) is 6.08 Å². The summed E-state index contributed by atoms with van der Waals surface area (Å²) in [4.78, 5) is 35.8. The predicted molar refractivity (Wildman–Crippen MR) is 128 cm³/mol. The van der Waals surface area contributed by atoms with Gasteiger partial charge in [-0.3, -0.25) is 9.59 Å². The zero-order valence-electron chi connectivity index (χ0n) is 18.2. The van der Waals surface area contributed by atoms with Crippen LogP contribution in [0.15, 0.2) is 36.2 Å². The first-order valence-corrected chi connectivity index (χ1v) is 11.3. The first-order chi connectivity index (χ1) is 15.3. The normalized spacial score (nSPS) is 13.9. The summed E-state index contributed by atoms with van der Waals surface area (Å²) in [7, 11) is 0. The number of aliphatic hydroxyl groups excluding tert-OH is 1. The molecule has 2 unspecified atom stereocenters. The molecule has 12 heteroatoms. The molecule has 1 aromatic carbocycles. The Morgan fingerprint density at radius 3 is 2.27 bits per heavy atom. The number of carbonyl (C=O) groups is 3. The Bertz CT molecular complexity index is 845. The van der Waals surface area contributed by atoms with Gasteiger partial charge in [-0.1, -0.05) is 60.8 Å². The number of hydrogen-bond donors (Lipinski definition) is 5. The molecule has 8 nitrogen and oxygen atoms in total. The van der Waals surface area contributed by atoms with Gasteiger partial charge in [0.15, 0.2) is 0 Å². The molecule has 1 rings (SSSR count). The Balaban J connectivity index is 3.07. The minimum Gasteiger partial charge on any atom is -0.392 e. The summed E-state index contributed by atoms with van der Waals surface area (Å²) in [6.45, 7) is 3.36. The van der Waals surface area contributed by atoms with E-state index in [1.54, 1.807) is 38.1 Å². The second-order valence-electron chi connectivity index (χ2n) is 7.63. The Hall–Kier alpha value is -2.07. The molecule has 0 aliphatic heterocycles. The molecule has 0 radical (unpaired) electrons. The molecule has 2 atom stereocenters. The molecular weight excluding hydrogens is 498 g/mol. The number of alkyl halides is 3. The van der Waals surface area contributed by atoms with Crippen LogP contribution in [-0.4, -0.2) is 39.3 Å². The molecule has 0 fully saturated rings. The van der Waals surface area contributed by atoms with Crippen molar-refractivity contribution in [3.8, 4) is 0 Å². The van der Waals surface area contributed by atoms with E-state index in [0.29, 0.717) is 17.7 Å². The van der Waals surface area contributed by atoms with E-state index in [-0.39, 0.29) is 19.6 Å². The van der Waals surface area contributed by atoms with Gasteiger partial charge in [-0.25, -0.2) is 9.18 Å². The number of halogens is 4. The number of nitrogens with one attached hydrogen (secondary N) is 3. The van der Waals surface area contributed by atoms with Gasteiger partial charge in [-0.15, -0.1) is 0 Å². The summed E-state index contributed by atoms with van der Waals surface area (Å²) < 4.78 is 12.9. The molecule has 1 aromatic rings. The average Bonchev–Trinajstić information content (AvgIpc) is 2.73. The second kappa shape index (κ2) is 13.6. The Morgan fingerprint density at radius 2 is 1.79 bits per heavy atom. The first-order valence-electron chi connectivity index (χ1n) is 10.1. The molecular formula is C21H28Cl3FN4O4. The van der Waals surface area contributed by atoms with E-state index < -0.39 is 45.3 Å². The number of nitrogens with two attached hydrogens (primary N) is 1. The predicted octanol–water partition coefficient (Wildman–Crippen LogP) is 3.55. The molecule has 0 aliphatic rings. The van der Waals surface area contributed by atoms with Crippen LogP contribution in [0, 0.1) is 11.8 Å². The van der Waals surface area contributed by atoms with Crippen molar-refractivity contribution in [2.75, 3.05) is 11.9 Å². The molecule has 184 valence electrons. The molecule has 0 heterocycles. The molecule has 0 spiro atoms. The monoisotopic (exact) mass is 524 g/mol. The van der Waals surface area contributed by atoms with Gasteiger partial charge in [-0.05, 0) is 42.5 Å². The number of anilines is 1. The smallest absolute Gasteiger partial charge is 0.312 e. The van der Waals surface area contributed by atoms with Gasteiger partial charge in [0.1, 0.15) is 5.83 Å². The highest BCUT2D eigenvalue weighted by Gasteiger charge is 2.34. The molecule has 33 heavy (non-hydrogen) atoms. The van der Waals surface area contributed by atoms with Gasteiger partial charge in [0.25, 0.3) is 9.70 Å². The summed E-state index contributed by atoms with van der Waals surface area (Å²) in [5.41, 5.74) is 6.16. The van der Waals surface area contributed by atoms with E-state index in [2.05, 4.69) is 16.0 Å². The van der Waals surface area contributed by atoms with Crippen molar-refractivity contribution in [3.63, 3.8) is 0 Å². The van der Waals surface area contributed by atoms with Crippen molar-refractivity contribution in [2.45, 2.75) is 43.1 Å². The van der Waals surface area contributed by atoms with Gasteiger partial charge < -0.3 is 26.8 Å². The highest BCUT2D eigenvalue weighted by Crippen LogP contribution is 2.28. The molecule has 6 N–H and O–H groups in total. The lowest BCUT2D eigenvalue weighted by Crippen LogP contribution is -2.44. The van der Waals surface area contributed by atoms with Crippen molar-refractivity contribution in [2.24, 2.45) is 17.6 Å². The van der Waals surface area contributed by atoms with E-state index >= 15 is 4.39 Å². The fourth-order valence-electron chi connectivity index (χ4n) is 2.83. The van der Waals surface area contributed by atoms with E-state index in [1.807, 2.05) is 0 Å². The molecule has 0 saturated carbocycles. The number of primary amides is 1. The van der Waals surface area contributed by atoms with Crippen LogP contribution in [0.3, 0.4) is 0 Å². The van der Waals surface area contributed by atoms with Gasteiger partial charge in [-0.2, -0.15) is 0 Å². The highest BCUT2D eigenvalue weighted by molar-refractivity contribution is 6.76. The maximum absolute atomic E-state index is 15.2. The van der Waals surface area contributed by atoms with Crippen molar-refractivity contribution in [1.29, 1.82) is 0 Å². The third-order valence-electron chi connectivity index (χ3n) is 4.60. The maximum Gasteiger partial charge on any atom is 0.312 e. The summed E-state index contributed by atoms with van der Waals surface area (Å²) >= 11 is 16.7. The number of urea groups is 1. The number of aliphatic hydroxyl groups is 1.